The summed E-state index contributed by atoms with van der Waals surface area (Å²) in [7, 11) is -3.74. The minimum atomic E-state index is -3.74. The Morgan fingerprint density at radius 1 is 1.16 bits per heavy atom. The van der Waals surface area contributed by atoms with Crippen LogP contribution < -0.4 is 4.72 Å². The molecule has 0 bridgehead atoms. The third-order valence-corrected chi connectivity index (χ3v) is 4.81. The molecule has 0 saturated heterocycles. The highest BCUT2D eigenvalue weighted by atomic mass is 79.9. The number of halogens is 2. The lowest BCUT2D eigenvalue weighted by molar-refractivity contribution is 0.599. The Labute approximate surface area is 119 Å². The van der Waals surface area contributed by atoms with Crippen molar-refractivity contribution >= 4 is 31.6 Å². The maximum Gasteiger partial charge on any atom is 0.263 e. The zero-order chi connectivity index (χ0) is 14.0. The molecule has 0 fully saturated rings. The van der Waals surface area contributed by atoms with Crippen molar-refractivity contribution in [2.75, 3.05) is 4.72 Å². The monoisotopic (exact) mass is 343 g/mol. The maximum absolute atomic E-state index is 13.0. The molecule has 0 aliphatic heterocycles. The molecular formula is C13H11BrFNO2S. The van der Waals surface area contributed by atoms with E-state index in [1.54, 1.807) is 18.2 Å². The summed E-state index contributed by atoms with van der Waals surface area (Å²) in [6, 6.07) is 10.4. The van der Waals surface area contributed by atoms with Crippen LogP contribution in [0.15, 0.2) is 51.8 Å². The summed E-state index contributed by atoms with van der Waals surface area (Å²) in [6.45, 7) is 1.87. The van der Waals surface area contributed by atoms with E-state index in [4.69, 9.17) is 0 Å². The van der Waals surface area contributed by atoms with Crippen LogP contribution in [0.25, 0.3) is 0 Å². The van der Waals surface area contributed by atoms with Crippen LogP contribution in [0.1, 0.15) is 5.56 Å². The van der Waals surface area contributed by atoms with E-state index >= 15 is 0 Å². The zero-order valence-corrected chi connectivity index (χ0v) is 12.4. The summed E-state index contributed by atoms with van der Waals surface area (Å²) in [5.41, 5.74) is 1.41. The van der Waals surface area contributed by atoms with Crippen molar-refractivity contribution in [2.24, 2.45) is 0 Å². The first-order valence-electron chi connectivity index (χ1n) is 5.43. The molecule has 0 atom stereocenters. The molecule has 0 aromatic heterocycles. The van der Waals surface area contributed by atoms with Crippen molar-refractivity contribution in [3.63, 3.8) is 0 Å². The molecule has 6 heteroatoms. The van der Waals surface area contributed by atoms with Gasteiger partial charge < -0.3 is 0 Å². The molecule has 0 aliphatic carbocycles. The van der Waals surface area contributed by atoms with Gasteiger partial charge in [-0.15, -0.1) is 0 Å². The number of hydrogen-bond donors (Lipinski definition) is 1. The lowest BCUT2D eigenvalue weighted by atomic mass is 10.2. The second kappa shape index (κ2) is 5.30. The van der Waals surface area contributed by atoms with E-state index in [0.717, 1.165) is 17.7 Å². The summed E-state index contributed by atoms with van der Waals surface area (Å²) in [4.78, 5) is -0.00425. The number of benzene rings is 2. The average Bonchev–Trinajstić information content (AvgIpc) is 2.27. The molecule has 0 amide bonds. The fraction of sp³-hybridized carbons (Fsp3) is 0.0769. The Balaban J connectivity index is 2.38. The molecule has 3 nitrogen and oxygen atoms in total. The number of anilines is 1. The van der Waals surface area contributed by atoms with Gasteiger partial charge in [0.05, 0.1) is 0 Å². The quantitative estimate of drug-likeness (QED) is 0.923. The number of rotatable bonds is 3. The van der Waals surface area contributed by atoms with Crippen LogP contribution >= 0.6 is 15.9 Å². The molecule has 0 aliphatic rings. The van der Waals surface area contributed by atoms with Crippen molar-refractivity contribution < 1.29 is 12.8 Å². The zero-order valence-electron chi connectivity index (χ0n) is 10.0. The Morgan fingerprint density at radius 2 is 1.89 bits per heavy atom. The van der Waals surface area contributed by atoms with Crippen molar-refractivity contribution in [3.8, 4) is 0 Å². The van der Waals surface area contributed by atoms with Gasteiger partial charge >= 0.3 is 0 Å². The highest BCUT2D eigenvalue weighted by Crippen LogP contribution is 2.25. The Morgan fingerprint density at radius 3 is 2.53 bits per heavy atom. The van der Waals surface area contributed by atoms with Crippen molar-refractivity contribution in [3.05, 3.63) is 58.3 Å². The van der Waals surface area contributed by atoms with Gasteiger partial charge in [0.25, 0.3) is 10.0 Å². The fourth-order valence-electron chi connectivity index (χ4n) is 1.61. The minimum absolute atomic E-state index is 0.00425. The number of nitrogens with one attached hydrogen (secondary N) is 1. The van der Waals surface area contributed by atoms with Crippen LogP contribution in [0.2, 0.25) is 0 Å². The molecule has 2 aromatic rings. The van der Waals surface area contributed by atoms with E-state index < -0.39 is 15.8 Å². The van der Waals surface area contributed by atoms with Crippen LogP contribution in [-0.2, 0) is 10.0 Å². The van der Waals surface area contributed by atoms with E-state index in [0.29, 0.717) is 5.69 Å². The van der Waals surface area contributed by atoms with Gasteiger partial charge in [0, 0.05) is 10.2 Å². The Bertz CT molecular complexity index is 716. The maximum atomic E-state index is 13.0. The Kier molecular flexibility index (Phi) is 3.91. The largest absolute Gasteiger partial charge is 0.280 e. The van der Waals surface area contributed by atoms with Gasteiger partial charge in [-0.05, 0) is 58.7 Å². The van der Waals surface area contributed by atoms with E-state index in [1.165, 1.54) is 6.07 Å². The molecule has 19 heavy (non-hydrogen) atoms. The number of hydrogen-bond acceptors (Lipinski definition) is 2. The lowest BCUT2D eigenvalue weighted by Gasteiger charge is -2.10. The summed E-state index contributed by atoms with van der Waals surface area (Å²) in [5.74, 6) is -0.499. The molecule has 0 spiro atoms. The first-order valence-corrected chi connectivity index (χ1v) is 7.71. The van der Waals surface area contributed by atoms with Gasteiger partial charge in [-0.2, -0.15) is 0 Å². The first-order chi connectivity index (χ1) is 8.88. The van der Waals surface area contributed by atoms with Gasteiger partial charge in [-0.1, -0.05) is 12.1 Å². The highest BCUT2D eigenvalue weighted by molar-refractivity contribution is 9.10. The van der Waals surface area contributed by atoms with Crippen LogP contribution in [0, 0.1) is 12.7 Å². The summed E-state index contributed by atoms with van der Waals surface area (Å²) >= 11 is 3.05. The van der Waals surface area contributed by atoms with Crippen LogP contribution in [-0.4, -0.2) is 8.42 Å². The molecule has 0 saturated carbocycles. The normalized spacial score (nSPS) is 11.3. The summed E-state index contributed by atoms with van der Waals surface area (Å²) in [6.07, 6.45) is 0. The molecular weight excluding hydrogens is 333 g/mol. The van der Waals surface area contributed by atoms with E-state index in [2.05, 4.69) is 20.7 Å². The molecule has 0 unspecified atom stereocenters. The number of sulfonamides is 1. The lowest BCUT2D eigenvalue weighted by Crippen LogP contribution is -2.13. The smallest absolute Gasteiger partial charge is 0.263 e. The van der Waals surface area contributed by atoms with Gasteiger partial charge in [0.2, 0.25) is 0 Å². The van der Waals surface area contributed by atoms with Crippen molar-refractivity contribution in [1.82, 2.24) is 0 Å². The highest BCUT2D eigenvalue weighted by Gasteiger charge is 2.18. The fourth-order valence-corrected chi connectivity index (χ4v) is 3.71. The third-order valence-electron chi connectivity index (χ3n) is 2.45. The predicted molar refractivity (Wildman–Crippen MR) is 76.1 cm³/mol. The second-order valence-corrected chi connectivity index (χ2v) is 6.55. The summed E-state index contributed by atoms with van der Waals surface area (Å²) < 4.78 is 40.0. The van der Waals surface area contributed by atoms with Crippen LogP contribution in [0.3, 0.4) is 0 Å². The van der Waals surface area contributed by atoms with E-state index in [1.807, 2.05) is 13.0 Å². The van der Waals surface area contributed by atoms with Gasteiger partial charge in [0.15, 0.2) is 0 Å². The van der Waals surface area contributed by atoms with Crippen LogP contribution in [0.5, 0.6) is 0 Å². The number of aryl methyl sites for hydroxylation is 1. The van der Waals surface area contributed by atoms with Crippen molar-refractivity contribution in [2.45, 2.75) is 11.8 Å². The molecule has 100 valence electrons. The SMILES string of the molecule is Cc1cccc(NS(=O)(=O)c2ccc(F)cc2Br)c1. The van der Waals surface area contributed by atoms with Crippen LogP contribution in [0.4, 0.5) is 10.1 Å². The molecule has 2 rings (SSSR count). The second-order valence-electron chi connectivity index (χ2n) is 4.05. The Hall–Kier alpha value is -1.40. The predicted octanol–water partition coefficient (Wildman–Crippen LogP) is 3.70. The van der Waals surface area contributed by atoms with Gasteiger partial charge in [-0.25, -0.2) is 12.8 Å². The molecule has 0 radical (unpaired) electrons. The molecule has 0 heterocycles. The minimum Gasteiger partial charge on any atom is -0.280 e. The standard InChI is InChI=1S/C13H11BrFNO2S/c1-9-3-2-4-11(7-9)16-19(17,18)13-6-5-10(15)8-12(13)14/h2-8,16H,1H3. The van der Waals surface area contributed by atoms with E-state index in [-0.39, 0.29) is 9.37 Å². The first kappa shape index (κ1) is 14.0. The third kappa shape index (κ3) is 3.33. The topological polar surface area (TPSA) is 46.2 Å². The van der Waals surface area contributed by atoms with E-state index in [9.17, 15) is 12.8 Å². The molecule has 1 N–H and O–H groups in total. The molecule has 2 aromatic carbocycles. The van der Waals surface area contributed by atoms with Gasteiger partial charge in [0.1, 0.15) is 10.7 Å². The van der Waals surface area contributed by atoms with Gasteiger partial charge in [-0.3, -0.25) is 4.72 Å². The van der Waals surface area contributed by atoms with Crippen molar-refractivity contribution in [1.29, 1.82) is 0 Å². The average molecular weight is 344 g/mol. The summed E-state index contributed by atoms with van der Waals surface area (Å²) in [5, 5.41) is 0.